The average Bonchev–Trinajstić information content (AvgIpc) is 2.79. The third-order valence-electron chi connectivity index (χ3n) is 5.65. The number of hydrogen-bond donors (Lipinski definition) is 1. The largest absolute Gasteiger partial charge is 0.375 e. The highest BCUT2D eigenvalue weighted by atomic mass is 32.2. The summed E-state index contributed by atoms with van der Waals surface area (Å²) in [5.74, 6) is 0. The van der Waals surface area contributed by atoms with Gasteiger partial charge in [0.1, 0.15) is 8.07 Å². The lowest BCUT2D eigenvalue weighted by Crippen LogP contribution is -2.70. The van der Waals surface area contributed by atoms with Crippen LogP contribution in [0.15, 0.2) is 91.0 Å². The van der Waals surface area contributed by atoms with E-state index in [1.54, 1.807) is 0 Å². The van der Waals surface area contributed by atoms with Crippen LogP contribution in [-0.2, 0) is 22.3 Å². The fourth-order valence-corrected chi connectivity index (χ4v) is 8.93. The van der Waals surface area contributed by atoms with Crippen LogP contribution in [0.3, 0.4) is 0 Å². The van der Waals surface area contributed by atoms with Crippen molar-refractivity contribution in [3.63, 3.8) is 0 Å². The molecule has 3 nitrogen and oxygen atoms in total. The number of nitrogens with one attached hydrogen (secondary N) is 1. The number of rotatable bonds is 9. The van der Waals surface area contributed by atoms with Gasteiger partial charge in [-0.05, 0) is 26.3 Å². The lowest BCUT2D eigenvalue weighted by molar-refractivity contribution is 0.117. The molecule has 0 fully saturated rings. The second-order valence-electron chi connectivity index (χ2n) is 8.99. The van der Waals surface area contributed by atoms with Gasteiger partial charge in [0, 0.05) is 5.67 Å². The first-order valence-electron chi connectivity index (χ1n) is 10.7. The van der Waals surface area contributed by atoms with Crippen molar-refractivity contribution in [1.82, 2.24) is 4.72 Å². The fraction of sp³-hybridized carbons (Fsp3) is 0.308. The van der Waals surface area contributed by atoms with Gasteiger partial charge in [-0.1, -0.05) is 108 Å². The Hall–Kier alpha value is -2.05. The van der Waals surface area contributed by atoms with Gasteiger partial charge >= 0.3 is 0 Å². The van der Waals surface area contributed by atoms with Crippen molar-refractivity contribution in [2.45, 2.75) is 44.3 Å². The van der Waals surface area contributed by atoms with E-state index in [2.05, 4.69) is 71.9 Å². The van der Waals surface area contributed by atoms with Gasteiger partial charge in [0.2, 0.25) is 0 Å². The standard InChI is InChI=1S/C26H33NO2SSi/c1-26(2,3)30(28)27-25(21-29-20-22-14-8-5-9-15-22)31(4,23-16-10-6-11-17-23)24-18-12-7-13-19-24/h5-19,25,27H,20-21H2,1-4H3/t25-,30-/m1/s1. The first-order valence-corrected chi connectivity index (χ1v) is 14.5. The molecule has 0 radical (unpaired) electrons. The molecule has 5 heteroatoms. The van der Waals surface area contributed by atoms with Gasteiger partial charge in [0.15, 0.2) is 0 Å². The van der Waals surface area contributed by atoms with Crippen molar-refractivity contribution in [1.29, 1.82) is 0 Å². The summed E-state index contributed by atoms with van der Waals surface area (Å²) in [4.78, 5) is 0. The van der Waals surface area contributed by atoms with Gasteiger partial charge in [-0.2, -0.15) is 0 Å². The van der Waals surface area contributed by atoms with Gasteiger partial charge in [-0.15, -0.1) is 0 Å². The zero-order chi connectivity index (χ0) is 22.3. The lowest BCUT2D eigenvalue weighted by atomic mass is 10.2. The number of hydrogen-bond acceptors (Lipinski definition) is 2. The van der Waals surface area contributed by atoms with Gasteiger partial charge < -0.3 is 4.74 Å². The topological polar surface area (TPSA) is 38.3 Å². The highest BCUT2D eigenvalue weighted by molar-refractivity contribution is 7.84. The first kappa shape index (κ1) is 23.6. The predicted molar refractivity (Wildman–Crippen MR) is 135 cm³/mol. The molecular formula is C26H33NO2SSi. The Morgan fingerprint density at radius 2 is 1.29 bits per heavy atom. The molecular weight excluding hydrogens is 418 g/mol. The maximum absolute atomic E-state index is 13.2. The van der Waals surface area contributed by atoms with E-state index in [0.29, 0.717) is 13.2 Å². The van der Waals surface area contributed by atoms with Crippen molar-refractivity contribution >= 4 is 29.4 Å². The summed E-state index contributed by atoms with van der Waals surface area (Å²) < 4.78 is 22.5. The minimum absolute atomic E-state index is 0.0546. The summed E-state index contributed by atoms with van der Waals surface area (Å²) in [6, 6.07) is 31.4. The number of ether oxygens (including phenoxy) is 1. The molecule has 0 spiro atoms. The second kappa shape index (κ2) is 10.5. The molecule has 0 bridgehead atoms. The van der Waals surface area contributed by atoms with Gasteiger partial charge in [0.05, 0.1) is 28.9 Å². The Morgan fingerprint density at radius 3 is 1.74 bits per heavy atom. The van der Waals surface area contributed by atoms with E-state index in [9.17, 15) is 4.21 Å². The third-order valence-corrected chi connectivity index (χ3v) is 12.2. The van der Waals surface area contributed by atoms with Crippen LogP contribution in [-0.4, -0.2) is 29.3 Å². The smallest absolute Gasteiger partial charge is 0.135 e. The predicted octanol–water partition coefficient (Wildman–Crippen LogP) is 4.06. The molecule has 0 heterocycles. The Labute approximate surface area is 190 Å². The Bertz CT molecular complexity index is 919. The minimum Gasteiger partial charge on any atom is -0.375 e. The van der Waals surface area contributed by atoms with Crippen LogP contribution >= 0.6 is 0 Å². The van der Waals surface area contributed by atoms with Crippen LogP contribution in [0.4, 0.5) is 0 Å². The average molecular weight is 452 g/mol. The number of benzene rings is 3. The third kappa shape index (κ3) is 6.01. The van der Waals surface area contributed by atoms with Crippen LogP contribution < -0.4 is 15.1 Å². The lowest BCUT2D eigenvalue weighted by Gasteiger charge is -2.38. The molecule has 3 aromatic carbocycles. The molecule has 0 aliphatic carbocycles. The van der Waals surface area contributed by atoms with Crippen LogP contribution in [0.25, 0.3) is 0 Å². The monoisotopic (exact) mass is 451 g/mol. The van der Waals surface area contributed by atoms with E-state index in [0.717, 1.165) is 5.56 Å². The Balaban J connectivity index is 1.97. The highest BCUT2D eigenvalue weighted by Crippen LogP contribution is 2.17. The SMILES string of the molecule is CC(C)(C)[S@@](=O)N[C@@H](COCc1ccccc1)[Si](C)(c1ccccc1)c1ccccc1. The van der Waals surface area contributed by atoms with Crippen LogP contribution in [0.5, 0.6) is 0 Å². The molecule has 0 aromatic heterocycles. The van der Waals surface area contributed by atoms with Crippen molar-refractivity contribution < 1.29 is 8.95 Å². The minimum atomic E-state index is -2.34. The van der Waals surface area contributed by atoms with Crippen molar-refractivity contribution in [3.05, 3.63) is 96.6 Å². The summed E-state index contributed by atoms with van der Waals surface area (Å²) in [7, 11) is -3.54. The van der Waals surface area contributed by atoms with Gasteiger partial charge in [-0.25, -0.2) is 8.93 Å². The van der Waals surface area contributed by atoms with Crippen LogP contribution in [0.1, 0.15) is 26.3 Å². The Morgan fingerprint density at radius 1 is 0.839 bits per heavy atom. The molecule has 0 aliphatic rings. The van der Waals surface area contributed by atoms with E-state index < -0.39 is 19.1 Å². The zero-order valence-corrected chi connectivity index (χ0v) is 20.7. The summed E-state index contributed by atoms with van der Waals surface area (Å²) in [5.41, 5.74) is 1.09. The summed E-state index contributed by atoms with van der Waals surface area (Å²) in [6.45, 7) is 9.38. The molecule has 1 N–H and O–H groups in total. The van der Waals surface area contributed by atoms with Gasteiger partial charge in [0.25, 0.3) is 0 Å². The summed E-state index contributed by atoms with van der Waals surface area (Å²) >= 11 is 0. The zero-order valence-electron chi connectivity index (χ0n) is 18.9. The maximum Gasteiger partial charge on any atom is 0.135 e. The molecule has 0 unspecified atom stereocenters. The summed E-state index contributed by atoms with van der Waals surface area (Å²) in [5, 5.41) is 2.60. The normalized spacial score (nSPS) is 14.2. The molecule has 3 aromatic rings. The fourth-order valence-electron chi connectivity index (χ4n) is 3.63. The highest BCUT2D eigenvalue weighted by Gasteiger charge is 2.42. The Kier molecular flexibility index (Phi) is 8.00. The molecule has 2 atom stereocenters. The van der Waals surface area contributed by atoms with Crippen LogP contribution in [0.2, 0.25) is 6.55 Å². The second-order valence-corrected chi connectivity index (χ2v) is 15.2. The van der Waals surface area contributed by atoms with Crippen molar-refractivity contribution in [2.24, 2.45) is 0 Å². The molecule has 31 heavy (non-hydrogen) atoms. The molecule has 0 saturated carbocycles. The molecule has 3 rings (SSSR count). The van der Waals surface area contributed by atoms with Crippen molar-refractivity contribution in [3.8, 4) is 0 Å². The van der Waals surface area contributed by atoms with E-state index in [-0.39, 0.29) is 10.4 Å². The molecule has 0 aliphatic heterocycles. The van der Waals surface area contributed by atoms with E-state index in [1.165, 1.54) is 10.4 Å². The first-order chi connectivity index (χ1) is 14.8. The van der Waals surface area contributed by atoms with Crippen LogP contribution in [0, 0.1) is 0 Å². The van der Waals surface area contributed by atoms with E-state index in [1.807, 2.05) is 51.1 Å². The van der Waals surface area contributed by atoms with Crippen molar-refractivity contribution in [2.75, 3.05) is 6.61 Å². The molecule has 0 amide bonds. The van der Waals surface area contributed by atoms with E-state index >= 15 is 0 Å². The van der Waals surface area contributed by atoms with E-state index in [4.69, 9.17) is 4.74 Å². The summed E-state index contributed by atoms with van der Waals surface area (Å²) in [6.07, 6.45) is 0. The molecule has 0 saturated heterocycles. The van der Waals surface area contributed by atoms with Gasteiger partial charge in [-0.3, -0.25) is 0 Å². The quantitative estimate of drug-likeness (QED) is 0.498. The maximum atomic E-state index is 13.2. The molecule has 164 valence electrons.